The van der Waals surface area contributed by atoms with Gasteiger partial charge in [0.25, 0.3) is 0 Å². The van der Waals surface area contributed by atoms with Crippen LogP contribution in [-0.2, 0) is 14.8 Å². The second-order valence-corrected chi connectivity index (χ2v) is 10.6. The van der Waals surface area contributed by atoms with Gasteiger partial charge in [-0.2, -0.15) is 4.31 Å². The van der Waals surface area contributed by atoms with Crippen LogP contribution in [0.3, 0.4) is 0 Å². The molecule has 8 nitrogen and oxygen atoms in total. The first-order valence-corrected chi connectivity index (χ1v) is 12.7. The molecule has 1 atom stereocenters. The molecule has 0 spiro atoms. The van der Waals surface area contributed by atoms with Crippen molar-refractivity contribution >= 4 is 16.0 Å². The minimum absolute atomic E-state index is 0.0478. The number of hydrogen-bond donors (Lipinski definition) is 1. The van der Waals surface area contributed by atoms with Crippen LogP contribution in [0.15, 0.2) is 4.99 Å². The summed E-state index contributed by atoms with van der Waals surface area (Å²) in [5, 5.41) is 3.49. The zero-order valence-electron chi connectivity index (χ0n) is 18.8. The number of nitrogens with zero attached hydrogens (tertiary/aromatic N) is 4. The average molecular weight is 432 g/mol. The summed E-state index contributed by atoms with van der Waals surface area (Å²) in [6.45, 7) is 13.1. The highest BCUT2D eigenvalue weighted by Gasteiger charge is 2.28. The maximum Gasteiger partial charge on any atom is 0.216 e. The van der Waals surface area contributed by atoms with Gasteiger partial charge in [0.2, 0.25) is 10.0 Å². The molecule has 1 N–H and O–H groups in total. The lowest BCUT2D eigenvalue weighted by atomic mass is 10.1. The summed E-state index contributed by atoms with van der Waals surface area (Å²) in [6.07, 6.45) is 4.05. The van der Waals surface area contributed by atoms with Gasteiger partial charge in [-0.05, 0) is 45.7 Å². The maximum absolute atomic E-state index is 12.5. The summed E-state index contributed by atoms with van der Waals surface area (Å²) in [5.74, 6) is 1.47. The minimum atomic E-state index is -3.26. The van der Waals surface area contributed by atoms with Crippen molar-refractivity contribution in [2.45, 2.75) is 46.1 Å². The number of aliphatic imine (C=N–C) groups is 1. The van der Waals surface area contributed by atoms with Crippen LogP contribution in [0.25, 0.3) is 0 Å². The monoisotopic (exact) mass is 431 g/mol. The molecule has 2 aliphatic rings. The number of nitrogens with one attached hydrogen (secondary N) is 1. The highest BCUT2D eigenvalue weighted by Crippen LogP contribution is 2.11. The number of likely N-dealkylation sites (tertiary alicyclic amines) is 1. The summed E-state index contributed by atoms with van der Waals surface area (Å²) >= 11 is 0. The maximum atomic E-state index is 12.5. The topological polar surface area (TPSA) is 77.5 Å². The van der Waals surface area contributed by atoms with Crippen molar-refractivity contribution in [1.82, 2.24) is 19.4 Å². The van der Waals surface area contributed by atoms with Gasteiger partial charge < -0.3 is 19.9 Å². The van der Waals surface area contributed by atoms with Crippen LogP contribution in [0, 0.1) is 5.92 Å². The molecular formula is C20H41N5O3S. The first-order valence-electron chi connectivity index (χ1n) is 11.1. The van der Waals surface area contributed by atoms with Crippen LogP contribution in [0.1, 0.15) is 40.0 Å². The van der Waals surface area contributed by atoms with E-state index in [0.29, 0.717) is 32.1 Å². The highest BCUT2D eigenvalue weighted by atomic mass is 32.2. The summed E-state index contributed by atoms with van der Waals surface area (Å²) < 4.78 is 32.0. The van der Waals surface area contributed by atoms with E-state index >= 15 is 0 Å². The van der Waals surface area contributed by atoms with E-state index in [1.807, 2.05) is 13.8 Å². The number of piperidine rings is 1. The van der Waals surface area contributed by atoms with Crippen molar-refractivity contribution in [2.75, 3.05) is 71.8 Å². The van der Waals surface area contributed by atoms with Gasteiger partial charge in [0.15, 0.2) is 5.96 Å². The quantitative estimate of drug-likeness (QED) is 0.434. The fraction of sp³-hybridized carbons (Fsp3) is 0.950. The fourth-order valence-corrected chi connectivity index (χ4v) is 5.23. The van der Waals surface area contributed by atoms with Crippen LogP contribution >= 0.6 is 0 Å². The predicted molar refractivity (Wildman–Crippen MR) is 119 cm³/mol. The standard InChI is InChI=1S/C20H41N5O3S/c1-18(2)28-14-15-29(26,27)25-12-10-24(11-13-25)20(21-4)22-16-19(3)17-23-8-6-5-7-9-23/h18-19H,5-17H2,1-4H3,(H,21,22). The van der Waals surface area contributed by atoms with E-state index in [0.717, 1.165) is 19.0 Å². The molecule has 0 aliphatic carbocycles. The van der Waals surface area contributed by atoms with Gasteiger partial charge in [-0.3, -0.25) is 4.99 Å². The molecule has 0 aromatic rings. The molecule has 2 fully saturated rings. The number of rotatable bonds is 9. The van der Waals surface area contributed by atoms with Gasteiger partial charge in [-0.25, -0.2) is 8.42 Å². The van der Waals surface area contributed by atoms with Gasteiger partial charge in [0.05, 0.1) is 18.5 Å². The summed E-state index contributed by atoms with van der Waals surface area (Å²) in [4.78, 5) is 9.13. The first-order chi connectivity index (χ1) is 13.8. The molecule has 0 aromatic carbocycles. The lowest BCUT2D eigenvalue weighted by Crippen LogP contribution is -2.54. The van der Waals surface area contributed by atoms with E-state index in [2.05, 4.69) is 27.0 Å². The predicted octanol–water partition coefficient (Wildman–Crippen LogP) is 1.06. The Labute approximate surface area is 177 Å². The van der Waals surface area contributed by atoms with E-state index in [9.17, 15) is 8.42 Å². The van der Waals surface area contributed by atoms with Crippen molar-refractivity contribution in [3.63, 3.8) is 0 Å². The van der Waals surface area contributed by atoms with Gasteiger partial charge in [-0.15, -0.1) is 0 Å². The molecule has 0 radical (unpaired) electrons. The molecule has 0 amide bonds. The third kappa shape index (κ3) is 8.39. The van der Waals surface area contributed by atoms with E-state index in [1.165, 1.54) is 32.4 Å². The van der Waals surface area contributed by atoms with Crippen molar-refractivity contribution in [3.8, 4) is 0 Å². The Kier molecular flexibility index (Phi) is 10.1. The van der Waals surface area contributed by atoms with E-state index in [1.54, 1.807) is 11.4 Å². The third-order valence-corrected chi connectivity index (χ3v) is 7.40. The van der Waals surface area contributed by atoms with Crippen LogP contribution in [0.4, 0.5) is 0 Å². The average Bonchev–Trinajstić information content (AvgIpc) is 2.69. The Morgan fingerprint density at radius 3 is 2.28 bits per heavy atom. The molecule has 1 unspecified atom stereocenters. The first kappa shape index (κ1) is 24.4. The summed E-state index contributed by atoms with van der Waals surface area (Å²) in [7, 11) is -1.47. The van der Waals surface area contributed by atoms with Gasteiger partial charge in [0.1, 0.15) is 0 Å². The van der Waals surface area contributed by atoms with Crippen LogP contribution < -0.4 is 5.32 Å². The van der Waals surface area contributed by atoms with Crippen LogP contribution in [0.2, 0.25) is 0 Å². The smallest absolute Gasteiger partial charge is 0.216 e. The highest BCUT2D eigenvalue weighted by molar-refractivity contribution is 7.89. The van der Waals surface area contributed by atoms with Gasteiger partial charge >= 0.3 is 0 Å². The molecule has 0 saturated carbocycles. The van der Waals surface area contributed by atoms with Gasteiger partial charge in [0, 0.05) is 46.3 Å². The zero-order valence-corrected chi connectivity index (χ0v) is 19.6. The Hall–Kier alpha value is -0.900. The zero-order chi connectivity index (χ0) is 21.3. The number of hydrogen-bond acceptors (Lipinski definition) is 5. The number of piperazine rings is 1. The molecule has 0 bridgehead atoms. The molecule has 29 heavy (non-hydrogen) atoms. The Balaban J connectivity index is 1.73. The Morgan fingerprint density at radius 2 is 1.69 bits per heavy atom. The van der Waals surface area contributed by atoms with Gasteiger partial charge in [-0.1, -0.05) is 13.3 Å². The molecule has 2 saturated heterocycles. The van der Waals surface area contributed by atoms with Crippen molar-refractivity contribution in [3.05, 3.63) is 0 Å². The van der Waals surface area contributed by atoms with E-state index in [-0.39, 0.29) is 18.5 Å². The molecule has 9 heteroatoms. The summed E-state index contributed by atoms with van der Waals surface area (Å²) in [5.41, 5.74) is 0. The molecular weight excluding hydrogens is 390 g/mol. The largest absolute Gasteiger partial charge is 0.378 e. The molecule has 170 valence electrons. The Bertz CT molecular complexity index is 597. The lowest BCUT2D eigenvalue weighted by Gasteiger charge is -2.36. The summed E-state index contributed by atoms with van der Waals surface area (Å²) in [6, 6.07) is 0. The lowest BCUT2D eigenvalue weighted by molar-refractivity contribution is 0.0904. The SMILES string of the molecule is CN=C(NCC(C)CN1CCCCC1)N1CCN(S(=O)(=O)CCOC(C)C)CC1. The number of guanidine groups is 1. The van der Waals surface area contributed by atoms with E-state index < -0.39 is 10.0 Å². The van der Waals surface area contributed by atoms with Crippen molar-refractivity contribution in [2.24, 2.45) is 10.9 Å². The fourth-order valence-electron chi connectivity index (χ4n) is 3.94. The second-order valence-electron chi connectivity index (χ2n) is 8.52. The van der Waals surface area contributed by atoms with E-state index in [4.69, 9.17) is 4.74 Å². The molecule has 0 aromatic heterocycles. The normalized spacial score (nSPS) is 21.6. The van der Waals surface area contributed by atoms with Crippen molar-refractivity contribution in [1.29, 1.82) is 0 Å². The number of ether oxygens (including phenoxy) is 1. The van der Waals surface area contributed by atoms with Crippen LogP contribution in [0.5, 0.6) is 0 Å². The molecule has 2 aliphatic heterocycles. The molecule has 2 rings (SSSR count). The minimum Gasteiger partial charge on any atom is -0.378 e. The van der Waals surface area contributed by atoms with Crippen molar-refractivity contribution < 1.29 is 13.2 Å². The molecule has 2 heterocycles. The van der Waals surface area contributed by atoms with Crippen LogP contribution in [-0.4, -0.2) is 106 Å². The second kappa shape index (κ2) is 12.1. The Morgan fingerprint density at radius 1 is 1.03 bits per heavy atom. The third-order valence-electron chi connectivity index (χ3n) is 5.56. The number of sulfonamides is 1.